The van der Waals surface area contributed by atoms with Crippen LogP contribution >= 0.6 is 0 Å². The van der Waals surface area contributed by atoms with E-state index in [9.17, 15) is 18.0 Å². The number of nitrogens with zero attached hydrogens (tertiary/aromatic N) is 3. The summed E-state index contributed by atoms with van der Waals surface area (Å²) in [7, 11) is 4.50. The van der Waals surface area contributed by atoms with Crippen molar-refractivity contribution in [3.63, 3.8) is 0 Å². The summed E-state index contributed by atoms with van der Waals surface area (Å²) in [5.74, 6) is 1.46. The Hall–Kier alpha value is -4.54. The number of rotatable bonds is 11. The molecule has 0 aliphatic heterocycles. The summed E-state index contributed by atoms with van der Waals surface area (Å²) in [4.78, 5) is 19.3. The normalized spacial score (nSPS) is 11.2. The standard InChI is InChI=1S/C29H28F3N3O5/c1-37-23-17-21(18-24(38-2)26(23)39-3)27-33-25(40-34-27)14-16-35(15-13-19-7-5-4-6-8-19)28(36)20-9-11-22(12-10-20)29(30,31)32/h4-12,17-18H,13-16H2,1-3H3. The molecule has 0 unspecified atom stereocenters. The van der Waals surface area contributed by atoms with Gasteiger partial charge in [0.15, 0.2) is 11.5 Å². The molecule has 1 heterocycles. The van der Waals surface area contributed by atoms with E-state index in [1.54, 1.807) is 17.0 Å². The number of amides is 1. The van der Waals surface area contributed by atoms with Crippen LogP contribution in [0.15, 0.2) is 71.3 Å². The molecule has 1 amide bonds. The van der Waals surface area contributed by atoms with E-state index in [-0.39, 0.29) is 24.4 Å². The highest BCUT2D eigenvalue weighted by Gasteiger charge is 2.30. The van der Waals surface area contributed by atoms with E-state index in [0.29, 0.717) is 41.6 Å². The topological polar surface area (TPSA) is 86.9 Å². The molecule has 1 aromatic heterocycles. The van der Waals surface area contributed by atoms with Crippen molar-refractivity contribution in [3.05, 3.63) is 89.3 Å². The highest BCUT2D eigenvalue weighted by Crippen LogP contribution is 2.40. The summed E-state index contributed by atoms with van der Waals surface area (Å²) in [5.41, 5.74) is 0.941. The monoisotopic (exact) mass is 555 g/mol. The minimum atomic E-state index is -4.48. The second-order valence-electron chi connectivity index (χ2n) is 8.78. The number of carbonyl (C=O) groups excluding carboxylic acids is 1. The smallest absolute Gasteiger partial charge is 0.416 e. The summed E-state index contributed by atoms with van der Waals surface area (Å²) in [5, 5.41) is 4.05. The summed E-state index contributed by atoms with van der Waals surface area (Å²) < 4.78 is 60.6. The maximum Gasteiger partial charge on any atom is 0.416 e. The van der Waals surface area contributed by atoms with E-state index >= 15 is 0 Å². The molecule has 0 aliphatic rings. The molecule has 0 radical (unpaired) electrons. The lowest BCUT2D eigenvalue weighted by Gasteiger charge is -2.22. The van der Waals surface area contributed by atoms with Crippen LogP contribution in [0.3, 0.4) is 0 Å². The van der Waals surface area contributed by atoms with Crippen LogP contribution in [0, 0.1) is 0 Å². The molecule has 4 aromatic rings. The first-order chi connectivity index (χ1) is 19.2. The van der Waals surface area contributed by atoms with Gasteiger partial charge in [0, 0.05) is 30.6 Å². The minimum Gasteiger partial charge on any atom is -0.493 e. The number of hydrogen-bond acceptors (Lipinski definition) is 7. The van der Waals surface area contributed by atoms with Gasteiger partial charge in [-0.15, -0.1) is 0 Å². The van der Waals surface area contributed by atoms with Gasteiger partial charge >= 0.3 is 6.18 Å². The number of benzene rings is 3. The van der Waals surface area contributed by atoms with Crippen LogP contribution in [0.4, 0.5) is 13.2 Å². The van der Waals surface area contributed by atoms with Crippen molar-refractivity contribution in [2.45, 2.75) is 19.0 Å². The van der Waals surface area contributed by atoms with E-state index in [4.69, 9.17) is 18.7 Å². The first-order valence-electron chi connectivity index (χ1n) is 12.4. The molecule has 0 N–H and O–H groups in total. The Morgan fingerprint density at radius 2 is 1.50 bits per heavy atom. The molecule has 0 aliphatic carbocycles. The molecule has 4 rings (SSSR count). The van der Waals surface area contributed by atoms with Crippen molar-refractivity contribution in [1.29, 1.82) is 0 Å². The van der Waals surface area contributed by atoms with Crippen molar-refractivity contribution in [2.75, 3.05) is 34.4 Å². The van der Waals surface area contributed by atoms with Crippen LogP contribution in [-0.2, 0) is 19.0 Å². The molecular weight excluding hydrogens is 527 g/mol. The molecular formula is C29H28F3N3O5. The predicted octanol–water partition coefficient (Wildman–Crippen LogP) is 5.71. The molecule has 0 saturated heterocycles. The van der Waals surface area contributed by atoms with Crippen molar-refractivity contribution in [3.8, 4) is 28.6 Å². The highest BCUT2D eigenvalue weighted by molar-refractivity contribution is 5.94. The maximum absolute atomic E-state index is 13.3. The van der Waals surface area contributed by atoms with Crippen molar-refractivity contribution < 1.29 is 36.7 Å². The molecule has 3 aromatic carbocycles. The third-order valence-corrected chi connectivity index (χ3v) is 6.25. The zero-order chi connectivity index (χ0) is 28.7. The van der Waals surface area contributed by atoms with Crippen LogP contribution in [0.5, 0.6) is 17.2 Å². The molecule has 0 fully saturated rings. The van der Waals surface area contributed by atoms with Gasteiger partial charge in [0.05, 0.1) is 26.9 Å². The van der Waals surface area contributed by atoms with E-state index in [0.717, 1.165) is 17.7 Å². The van der Waals surface area contributed by atoms with Gasteiger partial charge < -0.3 is 23.6 Å². The molecule has 0 atom stereocenters. The first-order valence-corrected chi connectivity index (χ1v) is 12.4. The van der Waals surface area contributed by atoms with Crippen LogP contribution < -0.4 is 14.2 Å². The first kappa shape index (κ1) is 28.5. The van der Waals surface area contributed by atoms with E-state index < -0.39 is 17.6 Å². The number of aromatic nitrogens is 2. The summed E-state index contributed by atoms with van der Waals surface area (Å²) in [6.07, 6.45) is -3.69. The number of alkyl halides is 3. The molecule has 40 heavy (non-hydrogen) atoms. The molecule has 0 saturated carbocycles. The van der Waals surface area contributed by atoms with Gasteiger partial charge in [-0.25, -0.2) is 0 Å². The van der Waals surface area contributed by atoms with Crippen LogP contribution in [0.25, 0.3) is 11.4 Å². The molecule has 0 bridgehead atoms. The van der Waals surface area contributed by atoms with Gasteiger partial charge in [0.1, 0.15) is 0 Å². The van der Waals surface area contributed by atoms with Crippen molar-refractivity contribution in [1.82, 2.24) is 15.0 Å². The van der Waals surface area contributed by atoms with E-state index in [1.165, 1.54) is 33.5 Å². The Morgan fingerprint density at radius 1 is 0.875 bits per heavy atom. The number of hydrogen-bond donors (Lipinski definition) is 0. The largest absolute Gasteiger partial charge is 0.493 e. The Morgan fingerprint density at radius 3 is 2.08 bits per heavy atom. The number of ether oxygens (including phenoxy) is 3. The lowest BCUT2D eigenvalue weighted by atomic mass is 10.1. The fourth-order valence-corrected chi connectivity index (χ4v) is 4.12. The molecule has 11 heteroatoms. The minimum absolute atomic E-state index is 0.157. The average molecular weight is 556 g/mol. The van der Waals surface area contributed by atoms with Crippen LogP contribution in [-0.4, -0.2) is 55.4 Å². The van der Waals surface area contributed by atoms with Crippen LogP contribution in [0.2, 0.25) is 0 Å². The van der Waals surface area contributed by atoms with Crippen LogP contribution in [0.1, 0.15) is 27.4 Å². The Bertz CT molecular complexity index is 1400. The van der Waals surface area contributed by atoms with Gasteiger partial charge in [-0.3, -0.25) is 4.79 Å². The van der Waals surface area contributed by atoms with E-state index in [1.807, 2.05) is 30.3 Å². The SMILES string of the molecule is COc1cc(-c2noc(CCN(CCc3ccccc3)C(=O)c3ccc(C(F)(F)F)cc3)n2)cc(OC)c1OC. The third kappa shape index (κ3) is 6.71. The van der Waals surface area contributed by atoms with E-state index in [2.05, 4.69) is 10.1 Å². The predicted molar refractivity (Wildman–Crippen MR) is 141 cm³/mol. The Labute approximate surface area is 229 Å². The fraction of sp³-hybridized carbons (Fsp3) is 0.276. The zero-order valence-corrected chi connectivity index (χ0v) is 22.2. The summed E-state index contributed by atoms with van der Waals surface area (Å²) in [6.45, 7) is 0.557. The van der Waals surface area contributed by atoms with Gasteiger partial charge in [-0.05, 0) is 48.4 Å². The lowest BCUT2D eigenvalue weighted by Crippen LogP contribution is -2.35. The zero-order valence-electron chi connectivity index (χ0n) is 22.2. The number of methoxy groups -OCH3 is 3. The second-order valence-corrected chi connectivity index (χ2v) is 8.78. The average Bonchev–Trinajstić information content (AvgIpc) is 3.45. The quantitative estimate of drug-likeness (QED) is 0.234. The molecule has 8 nitrogen and oxygen atoms in total. The highest BCUT2D eigenvalue weighted by atomic mass is 19.4. The second kappa shape index (κ2) is 12.5. The maximum atomic E-state index is 13.3. The van der Waals surface area contributed by atoms with Crippen molar-refractivity contribution >= 4 is 5.91 Å². The Kier molecular flexibility index (Phi) is 8.93. The summed E-state index contributed by atoms with van der Waals surface area (Å²) in [6, 6.07) is 17.2. The fourth-order valence-electron chi connectivity index (χ4n) is 4.12. The lowest BCUT2D eigenvalue weighted by molar-refractivity contribution is -0.137. The molecule has 0 spiro atoms. The number of carbonyl (C=O) groups is 1. The van der Waals surface area contributed by atoms with Gasteiger partial charge in [-0.1, -0.05) is 35.5 Å². The van der Waals surface area contributed by atoms with Gasteiger partial charge in [-0.2, -0.15) is 18.2 Å². The Balaban J connectivity index is 1.52. The summed E-state index contributed by atoms with van der Waals surface area (Å²) >= 11 is 0. The van der Waals surface area contributed by atoms with Gasteiger partial charge in [0.2, 0.25) is 17.5 Å². The van der Waals surface area contributed by atoms with Gasteiger partial charge in [0.25, 0.3) is 5.91 Å². The van der Waals surface area contributed by atoms with Crippen molar-refractivity contribution in [2.24, 2.45) is 0 Å². The third-order valence-electron chi connectivity index (χ3n) is 6.25. The number of halogens is 3. The molecule has 210 valence electrons.